The molecule has 0 bridgehead atoms. The van der Waals surface area contributed by atoms with E-state index in [2.05, 4.69) is 0 Å². The molecule has 2 aliphatic heterocycles. The van der Waals surface area contributed by atoms with Gasteiger partial charge < -0.3 is 4.90 Å². The molecule has 0 fully saturated rings. The van der Waals surface area contributed by atoms with Crippen molar-refractivity contribution >= 4 is 29.2 Å². The molecule has 192 valence electrons. The first-order valence-corrected chi connectivity index (χ1v) is 12.0. The Morgan fingerprint density at radius 1 is 0.946 bits per heavy atom. The highest BCUT2D eigenvalue weighted by atomic mass is 19.4. The van der Waals surface area contributed by atoms with E-state index in [9.17, 15) is 27.2 Å². The first-order valence-electron chi connectivity index (χ1n) is 12.0. The summed E-state index contributed by atoms with van der Waals surface area (Å²) in [5.74, 6) is -0.349. The summed E-state index contributed by atoms with van der Waals surface area (Å²) in [4.78, 5) is 28.2. The van der Waals surface area contributed by atoms with Crippen LogP contribution in [0.25, 0.3) is 12.2 Å². The van der Waals surface area contributed by atoms with Crippen molar-refractivity contribution in [2.24, 2.45) is 0 Å². The van der Waals surface area contributed by atoms with E-state index in [1.165, 1.54) is 24.3 Å². The molecule has 0 aliphatic carbocycles. The average molecular weight is 512 g/mol. The third-order valence-electron chi connectivity index (χ3n) is 8.13. The van der Waals surface area contributed by atoms with Crippen LogP contribution in [0.4, 0.5) is 28.9 Å². The quantitative estimate of drug-likeness (QED) is 0.391. The van der Waals surface area contributed by atoms with Crippen molar-refractivity contribution in [2.75, 3.05) is 19.0 Å². The molecular weight excluding hydrogens is 484 g/mol. The highest BCUT2D eigenvalue weighted by Crippen LogP contribution is 2.45. The normalized spacial score (nSPS) is 19.8. The molecule has 0 saturated carbocycles. The van der Waals surface area contributed by atoms with Gasteiger partial charge in [-0.1, -0.05) is 13.8 Å². The van der Waals surface area contributed by atoms with Gasteiger partial charge in [-0.3, -0.25) is 9.59 Å². The van der Waals surface area contributed by atoms with Gasteiger partial charge in [0.15, 0.2) is 5.71 Å². The number of benzene rings is 2. The molecule has 2 heterocycles. The van der Waals surface area contributed by atoms with Crippen molar-refractivity contribution in [3.05, 3.63) is 89.8 Å². The topological polar surface area (TPSA) is 40.4 Å². The van der Waals surface area contributed by atoms with Crippen LogP contribution in [0, 0.1) is 5.82 Å². The number of fused-ring (bicyclic) bond motifs is 2. The number of rotatable bonds is 2. The summed E-state index contributed by atoms with van der Waals surface area (Å²) in [6, 6.07) is 7.80. The molecule has 4 nitrogen and oxygen atoms in total. The number of anilines is 1. The fourth-order valence-electron chi connectivity index (χ4n) is 5.93. The molecule has 1 atom stereocenters. The largest absolute Gasteiger partial charge is 0.416 e. The van der Waals surface area contributed by atoms with Crippen molar-refractivity contribution in [1.29, 1.82) is 0 Å². The Morgan fingerprint density at radius 2 is 1.59 bits per heavy atom. The van der Waals surface area contributed by atoms with Crippen LogP contribution in [-0.2, 0) is 17.0 Å². The van der Waals surface area contributed by atoms with Gasteiger partial charge in [0.1, 0.15) is 12.9 Å². The molecule has 0 spiro atoms. The fourth-order valence-corrected chi connectivity index (χ4v) is 5.93. The van der Waals surface area contributed by atoms with Crippen LogP contribution in [0.2, 0.25) is 0 Å². The molecule has 0 radical (unpaired) electrons. The van der Waals surface area contributed by atoms with Crippen molar-refractivity contribution in [3.8, 4) is 0 Å². The van der Waals surface area contributed by atoms with Crippen LogP contribution >= 0.6 is 0 Å². The van der Waals surface area contributed by atoms with E-state index in [1.807, 2.05) is 25.8 Å². The highest BCUT2D eigenvalue weighted by Gasteiger charge is 2.46. The van der Waals surface area contributed by atoms with Crippen molar-refractivity contribution < 1.29 is 22.1 Å². The Labute approximate surface area is 211 Å². The second kappa shape index (κ2) is 7.73. The summed E-state index contributed by atoms with van der Waals surface area (Å²) < 4.78 is 55.6. The first kappa shape index (κ1) is 25.1. The van der Waals surface area contributed by atoms with Crippen molar-refractivity contribution in [3.63, 3.8) is 0 Å². The van der Waals surface area contributed by atoms with Crippen LogP contribution in [0.15, 0.2) is 46.0 Å². The van der Waals surface area contributed by atoms with Crippen LogP contribution in [-0.4, -0.2) is 30.4 Å². The Balaban J connectivity index is 1.58. The van der Waals surface area contributed by atoms with Crippen LogP contribution in [0.3, 0.4) is 0 Å². The number of hydrogen-bond donors (Lipinski definition) is 0. The number of halogens is 4. The lowest BCUT2D eigenvalue weighted by atomic mass is 9.79. The molecule has 5 rings (SSSR count). The van der Waals surface area contributed by atoms with E-state index in [1.54, 1.807) is 37.6 Å². The molecule has 0 amide bonds. The number of hydrogen-bond acceptors (Lipinski definition) is 3. The summed E-state index contributed by atoms with van der Waals surface area (Å²) in [5, 5.41) is 0.0763. The zero-order valence-corrected chi connectivity index (χ0v) is 21.4. The maximum absolute atomic E-state index is 13.9. The highest BCUT2D eigenvalue weighted by molar-refractivity contribution is 6.15. The fraction of sp³-hybridized carbons (Fsp3) is 0.345. The molecule has 3 aromatic rings. The summed E-state index contributed by atoms with van der Waals surface area (Å²) in [6.07, 6.45) is -1.32. The summed E-state index contributed by atoms with van der Waals surface area (Å²) in [5.41, 5.74) is 0.338. The van der Waals surface area contributed by atoms with E-state index >= 15 is 0 Å². The summed E-state index contributed by atoms with van der Waals surface area (Å²) in [7, 11) is 3.56. The molecule has 3 aromatic carbocycles. The third kappa shape index (κ3) is 3.52. The van der Waals surface area contributed by atoms with E-state index in [0.717, 1.165) is 23.4 Å². The van der Waals surface area contributed by atoms with Gasteiger partial charge in [0.25, 0.3) is 0 Å². The second-order valence-corrected chi connectivity index (χ2v) is 11.0. The lowest BCUT2D eigenvalue weighted by Crippen LogP contribution is -2.66. The van der Waals surface area contributed by atoms with Crippen molar-refractivity contribution in [2.45, 2.75) is 50.7 Å². The zero-order chi connectivity index (χ0) is 27.2. The predicted molar refractivity (Wildman–Crippen MR) is 136 cm³/mol. The number of likely N-dealkylation sites (N-methyl/N-ethyl adjacent to an activating group) is 1. The van der Waals surface area contributed by atoms with E-state index in [0.29, 0.717) is 17.0 Å². The Morgan fingerprint density at radius 3 is 2.22 bits per heavy atom. The van der Waals surface area contributed by atoms with Gasteiger partial charge in [-0.2, -0.15) is 17.7 Å². The number of nitrogens with zero attached hydrogens (tertiary/aromatic N) is 2. The Bertz CT molecular complexity index is 1670. The van der Waals surface area contributed by atoms with Crippen LogP contribution in [0.5, 0.6) is 0 Å². The minimum atomic E-state index is -4.48. The van der Waals surface area contributed by atoms with Gasteiger partial charge in [0.05, 0.1) is 27.5 Å². The van der Waals surface area contributed by atoms with E-state index in [-0.39, 0.29) is 22.3 Å². The van der Waals surface area contributed by atoms with Gasteiger partial charge in [0.2, 0.25) is 16.5 Å². The Kier molecular flexibility index (Phi) is 5.24. The number of alkyl halides is 3. The molecule has 0 N–H and O–H groups in total. The predicted octanol–water partition coefficient (Wildman–Crippen LogP) is 3.50. The van der Waals surface area contributed by atoms with Gasteiger partial charge in [-0.15, -0.1) is 0 Å². The lowest BCUT2D eigenvalue weighted by Gasteiger charge is -2.29. The standard InChI is InChI=1S/C29H27F4N2O2/c1-27(2)19-11-15(29(31,32)33)7-9-21(19)34(5)23(27)13-17-25(36)18(26(17)37)14-24-28(3,4)20-12-16(30)8-10-22(20)35(24)6/h7-14,24H,1-6H3/q+1. The van der Waals surface area contributed by atoms with Gasteiger partial charge in [0, 0.05) is 35.9 Å². The van der Waals surface area contributed by atoms with Gasteiger partial charge in [-0.05, 0) is 55.8 Å². The van der Waals surface area contributed by atoms with Crippen LogP contribution < -0.4 is 26.2 Å². The van der Waals surface area contributed by atoms with Gasteiger partial charge >= 0.3 is 6.18 Å². The van der Waals surface area contributed by atoms with E-state index in [4.69, 9.17) is 0 Å². The minimum absolute atomic E-state index is 0.00652. The maximum atomic E-state index is 13.9. The molecule has 37 heavy (non-hydrogen) atoms. The van der Waals surface area contributed by atoms with E-state index < -0.39 is 33.4 Å². The molecule has 1 unspecified atom stereocenters. The second-order valence-electron chi connectivity index (χ2n) is 11.0. The van der Waals surface area contributed by atoms with Crippen molar-refractivity contribution in [1.82, 2.24) is 0 Å². The SMILES string of the molecule is CN1c2ccc(F)cc2C(C)(C)C1C=c1c(=O)c(=CC2=[N+](C)c3ccc(C(F)(F)F)cc3C2(C)C)c1=O. The minimum Gasteiger partial charge on any atom is -0.367 e. The zero-order valence-electron chi connectivity index (χ0n) is 21.4. The molecule has 8 heteroatoms. The summed E-state index contributed by atoms with van der Waals surface area (Å²) in [6.45, 7) is 7.44. The lowest BCUT2D eigenvalue weighted by molar-refractivity contribution is -0.400. The maximum Gasteiger partial charge on any atom is 0.416 e. The molecular formula is C29H27F4N2O2+. The molecule has 2 aliphatic rings. The Hall–Kier alpha value is -3.55. The molecule has 0 saturated heterocycles. The summed E-state index contributed by atoms with van der Waals surface area (Å²) >= 11 is 0. The third-order valence-corrected chi connectivity index (χ3v) is 8.13. The monoisotopic (exact) mass is 511 g/mol. The smallest absolute Gasteiger partial charge is 0.367 e. The first-order chi connectivity index (χ1) is 17.1. The average Bonchev–Trinajstić information content (AvgIpc) is 3.12. The van der Waals surface area contributed by atoms with Crippen LogP contribution in [0.1, 0.15) is 44.4 Å². The van der Waals surface area contributed by atoms with Gasteiger partial charge in [-0.25, -0.2) is 4.39 Å². The molecule has 0 aromatic heterocycles.